The van der Waals surface area contributed by atoms with Crippen molar-refractivity contribution in [1.82, 2.24) is 0 Å². The molecule has 0 N–H and O–H groups in total. The van der Waals surface area contributed by atoms with Crippen LogP contribution in [0.5, 0.6) is 0 Å². The van der Waals surface area contributed by atoms with E-state index in [0.29, 0.717) is 0 Å². The molecular weight excluding hydrogens is 232 g/mol. The van der Waals surface area contributed by atoms with Gasteiger partial charge >= 0.3 is 0 Å². The minimum absolute atomic E-state index is 0.290. The molecule has 0 spiro atoms. The van der Waals surface area contributed by atoms with Gasteiger partial charge in [-0.25, -0.2) is 0 Å². The maximum absolute atomic E-state index is 5.74. The fourth-order valence-electron chi connectivity index (χ4n) is 2.62. The molecule has 0 heterocycles. The highest BCUT2D eigenvalue weighted by molar-refractivity contribution is 5.39. The third-order valence-corrected chi connectivity index (χ3v) is 3.94. The van der Waals surface area contributed by atoms with Gasteiger partial charge in [0.2, 0.25) is 0 Å². The second-order valence-electron chi connectivity index (χ2n) is 6.22. The van der Waals surface area contributed by atoms with E-state index in [-0.39, 0.29) is 5.41 Å². The summed E-state index contributed by atoms with van der Waals surface area (Å²) in [5.74, 6) is 1.03. The van der Waals surface area contributed by atoms with Gasteiger partial charge in [0, 0.05) is 0 Å². The van der Waals surface area contributed by atoms with Gasteiger partial charge in [0.1, 0.15) is 0 Å². The molecule has 0 aromatic rings. The van der Waals surface area contributed by atoms with Gasteiger partial charge in [-0.1, -0.05) is 51.3 Å². The number of hydrogen-bond acceptors (Lipinski definition) is 1. The summed E-state index contributed by atoms with van der Waals surface area (Å²) < 4.78 is 5.74. The van der Waals surface area contributed by atoms with Crippen LogP contribution in [0.1, 0.15) is 66.7 Å². The van der Waals surface area contributed by atoms with Gasteiger partial charge in [-0.2, -0.15) is 0 Å². The molecule has 0 radical (unpaired) electrons. The Morgan fingerprint density at radius 2 is 2.11 bits per heavy atom. The average molecular weight is 262 g/mol. The van der Waals surface area contributed by atoms with Crippen molar-refractivity contribution in [1.29, 1.82) is 0 Å². The maximum Gasteiger partial charge on any atom is 0.0928 e. The summed E-state index contributed by atoms with van der Waals surface area (Å²) in [5.41, 5.74) is 3.17. The summed E-state index contributed by atoms with van der Waals surface area (Å²) in [4.78, 5) is 0. The first-order chi connectivity index (χ1) is 8.97. The van der Waals surface area contributed by atoms with Gasteiger partial charge in [0.05, 0.1) is 12.4 Å². The molecule has 0 saturated carbocycles. The first kappa shape index (κ1) is 16.1. The quantitative estimate of drug-likeness (QED) is 0.435. The predicted molar refractivity (Wildman–Crippen MR) is 84.1 cm³/mol. The summed E-state index contributed by atoms with van der Waals surface area (Å²) in [6.45, 7) is 12.0. The molecule has 0 fully saturated rings. The molecule has 108 valence electrons. The topological polar surface area (TPSA) is 9.23 Å². The molecule has 0 aromatic carbocycles. The molecule has 0 atom stereocenters. The monoisotopic (exact) mass is 262 g/mol. The third-order valence-electron chi connectivity index (χ3n) is 3.94. The van der Waals surface area contributed by atoms with Crippen LogP contribution in [0.4, 0.5) is 0 Å². The number of rotatable bonds is 6. The van der Waals surface area contributed by atoms with Crippen LogP contribution in [0.2, 0.25) is 0 Å². The molecule has 1 aliphatic carbocycles. The highest BCUT2D eigenvalue weighted by Crippen LogP contribution is 2.40. The molecule has 0 bridgehead atoms. The zero-order valence-electron chi connectivity index (χ0n) is 13.4. The van der Waals surface area contributed by atoms with Crippen LogP contribution >= 0.6 is 0 Å². The zero-order chi connectivity index (χ0) is 14.3. The van der Waals surface area contributed by atoms with Crippen molar-refractivity contribution in [2.45, 2.75) is 66.7 Å². The Hall–Kier alpha value is -0.980. The number of ether oxygens (including phenoxy) is 1. The lowest BCUT2D eigenvalue weighted by atomic mass is 9.73. The van der Waals surface area contributed by atoms with Crippen molar-refractivity contribution in [3.63, 3.8) is 0 Å². The van der Waals surface area contributed by atoms with E-state index in [0.717, 1.165) is 18.8 Å². The number of unbranched alkanes of at least 4 members (excludes halogenated alkanes) is 2. The van der Waals surface area contributed by atoms with Crippen molar-refractivity contribution in [3.8, 4) is 0 Å². The van der Waals surface area contributed by atoms with E-state index >= 15 is 0 Å². The molecule has 0 saturated heterocycles. The standard InChI is InChI=1S/C18H30O/c1-6-7-8-14-19-16(3)11-12-17-15(2)10-9-13-18(17,4)5/h10-12H,6-9,13-14H2,1-5H3/b16-11-,17-12+. The van der Waals surface area contributed by atoms with Crippen LogP contribution in [0.3, 0.4) is 0 Å². The van der Waals surface area contributed by atoms with E-state index in [2.05, 4.69) is 52.8 Å². The molecule has 1 rings (SSSR count). The Morgan fingerprint density at radius 1 is 1.37 bits per heavy atom. The lowest BCUT2D eigenvalue weighted by molar-refractivity contribution is 0.207. The Bertz CT molecular complexity index is 369. The van der Waals surface area contributed by atoms with Crippen molar-refractivity contribution in [2.75, 3.05) is 6.61 Å². The lowest BCUT2D eigenvalue weighted by Gasteiger charge is -2.32. The molecule has 0 amide bonds. The van der Waals surface area contributed by atoms with Gasteiger partial charge in [-0.15, -0.1) is 0 Å². The Balaban J connectivity index is 2.62. The van der Waals surface area contributed by atoms with Crippen LogP contribution in [-0.2, 0) is 4.74 Å². The molecule has 1 heteroatoms. The molecule has 19 heavy (non-hydrogen) atoms. The van der Waals surface area contributed by atoms with Crippen LogP contribution in [0.15, 0.2) is 35.1 Å². The first-order valence-electron chi connectivity index (χ1n) is 7.66. The van der Waals surface area contributed by atoms with Gasteiger partial charge in [0.25, 0.3) is 0 Å². The summed E-state index contributed by atoms with van der Waals surface area (Å²) in [6.07, 6.45) is 12.8. The van der Waals surface area contributed by atoms with Crippen LogP contribution in [0, 0.1) is 5.41 Å². The summed E-state index contributed by atoms with van der Waals surface area (Å²) >= 11 is 0. The Morgan fingerprint density at radius 3 is 2.74 bits per heavy atom. The van der Waals surface area contributed by atoms with E-state index in [1.54, 1.807) is 0 Å². The van der Waals surface area contributed by atoms with E-state index in [1.807, 2.05) is 0 Å². The van der Waals surface area contributed by atoms with Crippen LogP contribution in [0.25, 0.3) is 0 Å². The molecule has 1 nitrogen and oxygen atoms in total. The van der Waals surface area contributed by atoms with Crippen LogP contribution in [-0.4, -0.2) is 6.61 Å². The van der Waals surface area contributed by atoms with E-state index in [9.17, 15) is 0 Å². The minimum atomic E-state index is 0.290. The zero-order valence-corrected chi connectivity index (χ0v) is 13.4. The van der Waals surface area contributed by atoms with Gasteiger partial charge in [-0.3, -0.25) is 0 Å². The minimum Gasteiger partial charge on any atom is -0.498 e. The lowest BCUT2D eigenvalue weighted by Crippen LogP contribution is -2.18. The molecule has 1 aliphatic rings. The van der Waals surface area contributed by atoms with E-state index in [1.165, 1.54) is 36.8 Å². The van der Waals surface area contributed by atoms with Crippen molar-refractivity contribution in [2.24, 2.45) is 5.41 Å². The molecular formula is C18H30O. The average Bonchev–Trinajstić information content (AvgIpc) is 2.33. The Labute approximate surface area is 119 Å². The van der Waals surface area contributed by atoms with Gasteiger partial charge in [-0.05, 0) is 50.2 Å². The Kier molecular flexibility index (Phi) is 6.41. The van der Waals surface area contributed by atoms with Gasteiger partial charge in [0.15, 0.2) is 0 Å². The maximum atomic E-state index is 5.74. The SMILES string of the molecule is CCCCCO/C(C)=C\C=C1/C(C)=CCCC1(C)C. The molecule has 0 aromatic heterocycles. The van der Waals surface area contributed by atoms with E-state index in [4.69, 9.17) is 4.74 Å². The fraction of sp³-hybridized carbons (Fsp3) is 0.667. The molecule has 0 unspecified atom stereocenters. The molecule has 0 aliphatic heterocycles. The van der Waals surface area contributed by atoms with Crippen molar-refractivity contribution >= 4 is 0 Å². The predicted octanol–water partition coefficient (Wildman–Crippen LogP) is 5.79. The second kappa shape index (κ2) is 7.57. The van der Waals surface area contributed by atoms with Crippen molar-refractivity contribution in [3.05, 3.63) is 35.1 Å². The van der Waals surface area contributed by atoms with Crippen molar-refractivity contribution < 1.29 is 4.74 Å². The number of allylic oxidation sites excluding steroid dienone is 6. The van der Waals surface area contributed by atoms with Gasteiger partial charge < -0.3 is 4.74 Å². The second-order valence-corrected chi connectivity index (χ2v) is 6.22. The third kappa shape index (κ3) is 5.26. The summed E-state index contributed by atoms with van der Waals surface area (Å²) in [7, 11) is 0. The fourth-order valence-corrected chi connectivity index (χ4v) is 2.62. The normalized spacial score (nSPS) is 21.4. The highest BCUT2D eigenvalue weighted by atomic mass is 16.5. The summed E-state index contributed by atoms with van der Waals surface area (Å²) in [6, 6.07) is 0. The van der Waals surface area contributed by atoms with E-state index < -0.39 is 0 Å². The largest absolute Gasteiger partial charge is 0.498 e. The first-order valence-corrected chi connectivity index (χ1v) is 7.66. The highest BCUT2D eigenvalue weighted by Gasteiger charge is 2.26. The number of hydrogen-bond donors (Lipinski definition) is 0. The smallest absolute Gasteiger partial charge is 0.0928 e. The summed E-state index contributed by atoms with van der Waals surface area (Å²) in [5, 5.41) is 0. The van der Waals surface area contributed by atoms with Crippen LogP contribution < -0.4 is 0 Å².